The van der Waals surface area contributed by atoms with Crippen LogP contribution in [0.4, 0.5) is 0 Å². The summed E-state index contributed by atoms with van der Waals surface area (Å²) in [6, 6.07) is 8.92. The molecule has 74 valence electrons. The summed E-state index contributed by atoms with van der Waals surface area (Å²) in [5.41, 5.74) is 4.08. The van der Waals surface area contributed by atoms with Gasteiger partial charge in [0, 0.05) is 18.3 Å². The number of aromatic nitrogens is 1. The number of aryl methyl sites for hydroxylation is 2. The molecular formula is C13H17N. The Hall–Kier alpha value is -1.24. The Bertz CT molecular complexity index is 463. The minimum absolute atomic E-state index is 0.590. The number of nitrogens with zero attached hydrogens (tertiary/aromatic N) is 1. The number of benzene rings is 1. The van der Waals surface area contributed by atoms with E-state index in [0.717, 1.165) is 0 Å². The predicted octanol–water partition coefficient (Wildman–Crippen LogP) is 3.61. The topological polar surface area (TPSA) is 4.93 Å². The second kappa shape index (κ2) is 3.16. The monoisotopic (exact) mass is 187 g/mol. The lowest BCUT2D eigenvalue weighted by atomic mass is 10.1. The predicted molar refractivity (Wildman–Crippen MR) is 61.7 cm³/mol. The van der Waals surface area contributed by atoms with Gasteiger partial charge in [0.05, 0.1) is 0 Å². The molecule has 0 N–H and O–H groups in total. The van der Waals surface area contributed by atoms with E-state index in [4.69, 9.17) is 0 Å². The lowest BCUT2D eigenvalue weighted by Crippen LogP contribution is -1.97. The van der Waals surface area contributed by atoms with Gasteiger partial charge in [0.15, 0.2) is 0 Å². The fourth-order valence-corrected chi connectivity index (χ4v) is 2.02. The molecule has 1 nitrogen and oxygen atoms in total. The van der Waals surface area contributed by atoms with Gasteiger partial charge in [-0.1, -0.05) is 26.0 Å². The van der Waals surface area contributed by atoms with Crippen LogP contribution in [0.15, 0.2) is 24.3 Å². The van der Waals surface area contributed by atoms with E-state index in [0.29, 0.717) is 5.92 Å². The minimum atomic E-state index is 0.590. The summed E-state index contributed by atoms with van der Waals surface area (Å²) in [4.78, 5) is 0. The van der Waals surface area contributed by atoms with Crippen LogP contribution < -0.4 is 0 Å². The number of hydrogen-bond acceptors (Lipinski definition) is 0. The van der Waals surface area contributed by atoms with E-state index in [-0.39, 0.29) is 0 Å². The molecular weight excluding hydrogens is 170 g/mol. The van der Waals surface area contributed by atoms with Crippen molar-refractivity contribution in [2.24, 2.45) is 7.05 Å². The summed E-state index contributed by atoms with van der Waals surface area (Å²) in [5, 5.41) is 1.35. The molecule has 0 spiro atoms. The molecule has 1 heteroatoms. The third kappa shape index (κ3) is 1.33. The van der Waals surface area contributed by atoms with Gasteiger partial charge in [-0.05, 0) is 35.9 Å². The number of fused-ring (bicyclic) bond motifs is 1. The quantitative estimate of drug-likeness (QED) is 0.642. The third-order valence-corrected chi connectivity index (χ3v) is 2.83. The third-order valence-electron chi connectivity index (χ3n) is 2.83. The lowest BCUT2D eigenvalue weighted by molar-refractivity contribution is 0.755. The molecule has 1 aromatic heterocycles. The van der Waals surface area contributed by atoms with E-state index in [9.17, 15) is 0 Å². The summed E-state index contributed by atoms with van der Waals surface area (Å²) < 4.78 is 2.30. The average Bonchev–Trinajstić information content (AvgIpc) is 2.44. The normalized spacial score (nSPS) is 11.5. The van der Waals surface area contributed by atoms with Crippen LogP contribution in [-0.4, -0.2) is 4.57 Å². The largest absolute Gasteiger partial charge is 0.347 e. The van der Waals surface area contributed by atoms with E-state index < -0.39 is 0 Å². The van der Waals surface area contributed by atoms with Gasteiger partial charge >= 0.3 is 0 Å². The van der Waals surface area contributed by atoms with Crippen LogP contribution in [0.2, 0.25) is 0 Å². The number of rotatable bonds is 1. The van der Waals surface area contributed by atoms with Crippen LogP contribution in [0.1, 0.15) is 31.0 Å². The molecule has 0 bridgehead atoms. The van der Waals surface area contributed by atoms with Crippen LogP contribution in [0.25, 0.3) is 10.9 Å². The van der Waals surface area contributed by atoms with Crippen molar-refractivity contribution in [3.8, 4) is 0 Å². The summed E-state index contributed by atoms with van der Waals surface area (Å²) in [5.74, 6) is 0.590. The Balaban J connectivity index is 2.74. The van der Waals surface area contributed by atoms with Crippen molar-refractivity contribution in [1.29, 1.82) is 0 Å². The van der Waals surface area contributed by atoms with Gasteiger partial charge in [-0.25, -0.2) is 0 Å². The second-order valence-electron chi connectivity index (χ2n) is 4.35. The smallest absolute Gasteiger partial charge is 0.0482 e. The fourth-order valence-electron chi connectivity index (χ4n) is 2.02. The highest BCUT2D eigenvalue weighted by Gasteiger charge is 2.08. The van der Waals surface area contributed by atoms with Crippen molar-refractivity contribution in [2.45, 2.75) is 26.7 Å². The van der Waals surface area contributed by atoms with Crippen LogP contribution >= 0.6 is 0 Å². The Morgan fingerprint density at radius 2 is 1.86 bits per heavy atom. The molecule has 1 aromatic carbocycles. The van der Waals surface area contributed by atoms with Crippen LogP contribution in [0.3, 0.4) is 0 Å². The van der Waals surface area contributed by atoms with Crippen molar-refractivity contribution in [3.63, 3.8) is 0 Å². The molecule has 0 radical (unpaired) electrons. The van der Waals surface area contributed by atoms with Gasteiger partial charge < -0.3 is 4.57 Å². The molecule has 14 heavy (non-hydrogen) atoms. The van der Waals surface area contributed by atoms with Crippen molar-refractivity contribution >= 4 is 10.9 Å². The van der Waals surface area contributed by atoms with Gasteiger partial charge in [0.1, 0.15) is 0 Å². The maximum absolute atomic E-state index is 2.30. The molecule has 0 saturated heterocycles. The SMILES string of the molecule is Cc1ccc2cc(C(C)C)n(C)c2c1. The Morgan fingerprint density at radius 1 is 1.14 bits per heavy atom. The molecule has 0 amide bonds. The summed E-state index contributed by atoms with van der Waals surface area (Å²) in [7, 11) is 2.15. The zero-order chi connectivity index (χ0) is 10.3. The maximum Gasteiger partial charge on any atom is 0.0482 e. The molecule has 0 fully saturated rings. The molecule has 0 aliphatic carbocycles. The highest BCUT2D eigenvalue weighted by Crippen LogP contribution is 2.24. The van der Waals surface area contributed by atoms with Crippen LogP contribution in [-0.2, 0) is 7.05 Å². The van der Waals surface area contributed by atoms with Crippen molar-refractivity contribution in [3.05, 3.63) is 35.5 Å². The Kier molecular flexibility index (Phi) is 2.10. The summed E-state index contributed by atoms with van der Waals surface area (Å²) in [6.07, 6.45) is 0. The van der Waals surface area contributed by atoms with Crippen LogP contribution in [0.5, 0.6) is 0 Å². The van der Waals surface area contributed by atoms with E-state index in [2.05, 4.69) is 56.7 Å². The molecule has 2 rings (SSSR count). The van der Waals surface area contributed by atoms with Gasteiger partial charge in [0.25, 0.3) is 0 Å². The Labute approximate surface area is 85.4 Å². The van der Waals surface area contributed by atoms with Gasteiger partial charge in [-0.15, -0.1) is 0 Å². The van der Waals surface area contributed by atoms with E-state index in [1.807, 2.05) is 0 Å². The number of hydrogen-bond donors (Lipinski definition) is 0. The zero-order valence-corrected chi connectivity index (χ0v) is 9.33. The fraction of sp³-hybridized carbons (Fsp3) is 0.385. The first kappa shape index (κ1) is 9.32. The lowest BCUT2D eigenvalue weighted by Gasteiger charge is -2.06. The molecule has 0 atom stereocenters. The minimum Gasteiger partial charge on any atom is -0.347 e. The van der Waals surface area contributed by atoms with E-state index in [1.165, 1.54) is 22.2 Å². The van der Waals surface area contributed by atoms with Crippen molar-refractivity contribution in [1.82, 2.24) is 4.57 Å². The Morgan fingerprint density at radius 3 is 2.50 bits per heavy atom. The van der Waals surface area contributed by atoms with Gasteiger partial charge in [-0.2, -0.15) is 0 Å². The van der Waals surface area contributed by atoms with Gasteiger partial charge in [0.2, 0.25) is 0 Å². The highest BCUT2D eigenvalue weighted by molar-refractivity contribution is 5.82. The molecule has 0 unspecified atom stereocenters. The van der Waals surface area contributed by atoms with Gasteiger partial charge in [-0.3, -0.25) is 0 Å². The average molecular weight is 187 g/mol. The summed E-state index contributed by atoms with van der Waals surface area (Å²) >= 11 is 0. The first-order chi connectivity index (χ1) is 6.59. The molecule has 0 aliphatic rings. The highest BCUT2D eigenvalue weighted by atomic mass is 14.9. The standard InChI is InChI=1S/C13H17N/c1-9(2)12-8-11-6-5-10(3)7-13(11)14(12)4/h5-9H,1-4H3. The van der Waals surface area contributed by atoms with Crippen LogP contribution in [0, 0.1) is 6.92 Å². The first-order valence-electron chi connectivity index (χ1n) is 5.15. The molecule has 2 aromatic rings. The maximum atomic E-state index is 2.30. The molecule has 0 saturated carbocycles. The summed E-state index contributed by atoms with van der Waals surface area (Å²) in [6.45, 7) is 6.61. The second-order valence-corrected chi connectivity index (χ2v) is 4.35. The van der Waals surface area contributed by atoms with Crippen molar-refractivity contribution < 1.29 is 0 Å². The zero-order valence-electron chi connectivity index (χ0n) is 9.33. The van der Waals surface area contributed by atoms with E-state index >= 15 is 0 Å². The van der Waals surface area contributed by atoms with Crippen molar-refractivity contribution in [2.75, 3.05) is 0 Å². The first-order valence-corrected chi connectivity index (χ1v) is 5.15. The van der Waals surface area contributed by atoms with E-state index in [1.54, 1.807) is 0 Å². The molecule has 0 aliphatic heterocycles. The molecule has 1 heterocycles.